The number of thiophene rings is 1. The van der Waals surface area contributed by atoms with E-state index >= 15 is 0 Å². The van der Waals surface area contributed by atoms with Gasteiger partial charge in [0.2, 0.25) is 0 Å². The summed E-state index contributed by atoms with van der Waals surface area (Å²) in [6.45, 7) is 2.47. The minimum absolute atomic E-state index is 0.110. The fourth-order valence-electron chi connectivity index (χ4n) is 1.63. The van der Waals surface area contributed by atoms with Gasteiger partial charge in [0.1, 0.15) is 5.82 Å². The third-order valence-corrected chi connectivity index (χ3v) is 4.73. The first-order chi connectivity index (χ1) is 8.86. The number of nitrogens with one attached hydrogen (secondary N) is 1. The van der Waals surface area contributed by atoms with Crippen LogP contribution in [0.5, 0.6) is 0 Å². The van der Waals surface area contributed by atoms with E-state index in [-0.39, 0.29) is 10.6 Å². The van der Waals surface area contributed by atoms with E-state index in [1.165, 1.54) is 23.1 Å². The molecule has 3 nitrogen and oxygen atoms in total. The highest BCUT2D eigenvalue weighted by atomic mass is 32.2. The molecular weight excluding hydrogens is 285 g/mol. The van der Waals surface area contributed by atoms with Gasteiger partial charge in [0, 0.05) is 22.6 Å². The normalized spacial score (nSPS) is 11.5. The fourth-order valence-corrected chi connectivity index (χ4v) is 3.11. The molecule has 0 atom stereocenters. The van der Waals surface area contributed by atoms with Crippen LogP contribution in [0.15, 0.2) is 35.2 Å². The van der Waals surface area contributed by atoms with Crippen molar-refractivity contribution in [3.63, 3.8) is 0 Å². The van der Waals surface area contributed by atoms with Gasteiger partial charge in [-0.2, -0.15) is 0 Å². The first kappa shape index (κ1) is 14.0. The van der Waals surface area contributed by atoms with Crippen molar-refractivity contribution < 1.29 is 12.8 Å². The van der Waals surface area contributed by atoms with Gasteiger partial charge in [-0.05, 0) is 37.3 Å². The molecule has 0 unspecified atom stereocenters. The molecule has 0 saturated carbocycles. The number of aryl methyl sites for hydroxylation is 1. The number of sulfone groups is 1. The van der Waals surface area contributed by atoms with E-state index in [9.17, 15) is 12.8 Å². The van der Waals surface area contributed by atoms with Crippen molar-refractivity contribution in [3.05, 3.63) is 45.9 Å². The van der Waals surface area contributed by atoms with Crippen LogP contribution in [-0.2, 0) is 16.4 Å². The second-order valence-electron chi connectivity index (χ2n) is 4.28. The minimum Gasteiger partial charge on any atom is -0.378 e. The van der Waals surface area contributed by atoms with E-state index in [1.54, 1.807) is 11.3 Å². The Morgan fingerprint density at radius 1 is 1.26 bits per heavy atom. The van der Waals surface area contributed by atoms with E-state index in [4.69, 9.17) is 0 Å². The Kier molecular flexibility index (Phi) is 3.91. The van der Waals surface area contributed by atoms with Crippen LogP contribution >= 0.6 is 11.3 Å². The SMILES string of the molecule is Cc1ccc(CNc2cc(S(C)(=O)=O)ccc2F)s1. The zero-order valence-electron chi connectivity index (χ0n) is 10.6. The molecular formula is C13H14FNO2S2. The van der Waals surface area contributed by atoms with Crippen LogP contribution in [0, 0.1) is 12.7 Å². The molecule has 0 aliphatic rings. The Morgan fingerprint density at radius 3 is 2.58 bits per heavy atom. The van der Waals surface area contributed by atoms with Crippen LogP contribution in [0.25, 0.3) is 0 Å². The standard InChI is InChI=1S/C13H14FNO2S2/c1-9-3-4-10(18-9)8-15-13-7-11(19(2,16)17)5-6-12(13)14/h3-7,15H,8H2,1-2H3. The topological polar surface area (TPSA) is 46.2 Å². The van der Waals surface area contributed by atoms with Gasteiger partial charge >= 0.3 is 0 Å². The van der Waals surface area contributed by atoms with Gasteiger partial charge < -0.3 is 5.32 Å². The second kappa shape index (κ2) is 5.30. The molecule has 0 amide bonds. The Hall–Kier alpha value is -1.40. The average Bonchev–Trinajstić information content (AvgIpc) is 2.72. The van der Waals surface area contributed by atoms with Crippen molar-refractivity contribution in [3.8, 4) is 0 Å². The molecule has 0 spiro atoms. The molecule has 102 valence electrons. The summed E-state index contributed by atoms with van der Waals surface area (Å²) in [5.74, 6) is -0.458. The molecule has 0 aliphatic carbocycles. The molecule has 19 heavy (non-hydrogen) atoms. The highest BCUT2D eigenvalue weighted by Gasteiger charge is 2.11. The summed E-state index contributed by atoms with van der Waals surface area (Å²) in [5, 5.41) is 2.93. The van der Waals surface area contributed by atoms with Crippen molar-refractivity contribution in [2.75, 3.05) is 11.6 Å². The summed E-state index contributed by atoms with van der Waals surface area (Å²) in [5.41, 5.74) is 0.203. The summed E-state index contributed by atoms with van der Waals surface area (Å²) in [6.07, 6.45) is 1.10. The molecule has 2 aromatic rings. The van der Waals surface area contributed by atoms with Gasteiger partial charge in [0.15, 0.2) is 9.84 Å². The maximum absolute atomic E-state index is 13.6. The lowest BCUT2D eigenvalue weighted by atomic mass is 10.3. The first-order valence-electron chi connectivity index (χ1n) is 5.65. The van der Waals surface area contributed by atoms with E-state index in [0.717, 1.165) is 11.1 Å². The lowest BCUT2D eigenvalue weighted by Gasteiger charge is -2.08. The molecule has 0 radical (unpaired) electrons. The Morgan fingerprint density at radius 2 is 2.00 bits per heavy atom. The van der Waals surface area contributed by atoms with Gasteiger partial charge in [0.25, 0.3) is 0 Å². The van der Waals surface area contributed by atoms with Crippen molar-refractivity contribution in [2.24, 2.45) is 0 Å². The van der Waals surface area contributed by atoms with E-state index in [1.807, 2.05) is 19.1 Å². The Bertz CT molecular complexity index is 692. The predicted octanol–water partition coefficient (Wildman–Crippen LogP) is 3.21. The maximum atomic E-state index is 13.6. The zero-order chi connectivity index (χ0) is 14.0. The van der Waals surface area contributed by atoms with Crippen LogP contribution in [0.2, 0.25) is 0 Å². The highest BCUT2D eigenvalue weighted by Crippen LogP contribution is 2.22. The lowest BCUT2D eigenvalue weighted by molar-refractivity contribution is 0.600. The number of hydrogen-bond donors (Lipinski definition) is 1. The minimum atomic E-state index is -3.32. The van der Waals surface area contributed by atoms with Gasteiger partial charge in [-0.3, -0.25) is 0 Å². The van der Waals surface area contributed by atoms with Crippen LogP contribution in [0.1, 0.15) is 9.75 Å². The molecule has 2 rings (SSSR count). The summed E-state index contributed by atoms with van der Waals surface area (Å²) < 4.78 is 36.5. The molecule has 0 bridgehead atoms. The molecule has 6 heteroatoms. The van der Waals surface area contributed by atoms with Gasteiger partial charge in [0.05, 0.1) is 10.6 Å². The van der Waals surface area contributed by atoms with Gasteiger partial charge in [-0.25, -0.2) is 12.8 Å². The molecule has 1 aromatic carbocycles. The third kappa shape index (κ3) is 3.54. The smallest absolute Gasteiger partial charge is 0.175 e. The summed E-state index contributed by atoms with van der Waals surface area (Å²) in [7, 11) is -3.32. The van der Waals surface area contributed by atoms with E-state index in [2.05, 4.69) is 5.32 Å². The summed E-state index contributed by atoms with van der Waals surface area (Å²) in [4.78, 5) is 2.36. The van der Waals surface area contributed by atoms with Crippen LogP contribution in [0.3, 0.4) is 0 Å². The van der Waals surface area contributed by atoms with Crippen LogP contribution < -0.4 is 5.32 Å². The van der Waals surface area contributed by atoms with Gasteiger partial charge in [-0.1, -0.05) is 0 Å². The van der Waals surface area contributed by atoms with Crippen LogP contribution in [-0.4, -0.2) is 14.7 Å². The maximum Gasteiger partial charge on any atom is 0.175 e. The molecule has 1 heterocycles. The predicted molar refractivity (Wildman–Crippen MR) is 75.9 cm³/mol. The van der Waals surface area contributed by atoms with Crippen molar-refractivity contribution in [2.45, 2.75) is 18.4 Å². The average molecular weight is 299 g/mol. The monoisotopic (exact) mass is 299 g/mol. The molecule has 0 fully saturated rings. The molecule has 0 saturated heterocycles. The van der Waals surface area contributed by atoms with Crippen molar-refractivity contribution >= 4 is 26.9 Å². The van der Waals surface area contributed by atoms with Gasteiger partial charge in [-0.15, -0.1) is 11.3 Å². The number of benzene rings is 1. The lowest BCUT2D eigenvalue weighted by Crippen LogP contribution is -2.03. The third-order valence-electron chi connectivity index (χ3n) is 2.62. The second-order valence-corrected chi connectivity index (χ2v) is 7.67. The highest BCUT2D eigenvalue weighted by molar-refractivity contribution is 7.90. The molecule has 1 aromatic heterocycles. The number of anilines is 1. The zero-order valence-corrected chi connectivity index (χ0v) is 12.2. The van der Waals surface area contributed by atoms with Crippen molar-refractivity contribution in [1.29, 1.82) is 0 Å². The largest absolute Gasteiger partial charge is 0.378 e. The number of hydrogen-bond acceptors (Lipinski definition) is 4. The van der Waals surface area contributed by atoms with Crippen molar-refractivity contribution in [1.82, 2.24) is 0 Å². The fraction of sp³-hybridized carbons (Fsp3) is 0.231. The Balaban J connectivity index is 2.20. The number of halogens is 1. The quantitative estimate of drug-likeness (QED) is 0.882. The van der Waals surface area contributed by atoms with Crippen LogP contribution in [0.4, 0.5) is 10.1 Å². The van der Waals surface area contributed by atoms with E-state index in [0.29, 0.717) is 6.54 Å². The van der Waals surface area contributed by atoms with E-state index < -0.39 is 15.7 Å². The molecule has 1 N–H and O–H groups in total. The Labute approximate surface area is 116 Å². The molecule has 0 aliphatic heterocycles. The summed E-state index contributed by atoms with van der Waals surface area (Å²) >= 11 is 1.62. The number of rotatable bonds is 4. The summed E-state index contributed by atoms with van der Waals surface area (Å²) in [6, 6.07) is 7.71. The first-order valence-corrected chi connectivity index (χ1v) is 8.36.